The van der Waals surface area contributed by atoms with Gasteiger partial charge in [-0.15, -0.1) is 0 Å². The third kappa shape index (κ3) is 3.49. The predicted octanol–water partition coefficient (Wildman–Crippen LogP) is 4.89. The zero-order valence-corrected chi connectivity index (χ0v) is 13.0. The molecule has 0 saturated carbocycles. The van der Waals surface area contributed by atoms with E-state index < -0.39 is 0 Å². The van der Waals surface area contributed by atoms with Gasteiger partial charge in [0, 0.05) is 6.54 Å². The van der Waals surface area contributed by atoms with E-state index in [4.69, 9.17) is 0 Å². The van der Waals surface area contributed by atoms with Gasteiger partial charge in [-0.25, -0.2) is 0 Å². The Balaban J connectivity index is 2.37. The summed E-state index contributed by atoms with van der Waals surface area (Å²) in [4.78, 5) is 0. The number of nitrogens with one attached hydrogen (secondary N) is 1. The van der Waals surface area contributed by atoms with Crippen LogP contribution in [0.1, 0.15) is 43.4 Å². The van der Waals surface area contributed by atoms with Crippen molar-refractivity contribution in [1.82, 2.24) is 5.32 Å². The first kappa shape index (κ1) is 14.8. The van der Waals surface area contributed by atoms with Crippen LogP contribution in [0.25, 0.3) is 11.1 Å². The van der Waals surface area contributed by atoms with E-state index in [-0.39, 0.29) is 0 Å². The van der Waals surface area contributed by atoms with Crippen LogP contribution in [-0.2, 0) is 6.54 Å². The number of rotatable bonds is 5. The van der Waals surface area contributed by atoms with Crippen molar-refractivity contribution < 1.29 is 0 Å². The summed E-state index contributed by atoms with van der Waals surface area (Å²) in [5, 5.41) is 3.42. The first-order chi connectivity index (χ1) is 9.61. The Bertz CT molecular complexity index is 552. The minimum absolute atomic E-state index is 0.586. The molecule has 0 radical (unpaired) electrons. The Morgan fingerprint density at radius 2 is 1.70 bits per heavy atom. The highest BCUT2D eigenvalue weighted by molar-refractivity contribution is 5.68. The topological polar surface area (TPSA) is 12.0 Å². The Morgan fingerprint density at radius 3 is 2.30 bits per heavy atom. The smallest absolute Gasteiger partial charge is 0.0211 e. The summed E-state index contributed by atoms with van der Waals surface area (Å²) in [6, 6.07) is 15.7. The first-order valence-electron chi connectivity index (χ1n) is 7.52. The van der Waals surface area contributed by atoms with Crippen LogP contribution in [0.15, 0.2) is 42.5 Å². The van der Waals surface area contributed by atoms with E-state index in [1.165, 1.54) is 27.8 Å². The van der Waals surface area contributed by atoms with Crippen LogP contribution in [0, 0.1) is 6.92 Å². The second-order valence-electron chi connectivity index (χ2n) is 5.72. The fourth-order valence-corrected chi connectivity index (χ4v) is 2.42. The van der Waals surface area contributed by atoms with Gasteiger partial charge < -0.3 is 5.32 Å². The monoisotopic (exact) mass is 267 g/mol. The van der Waals surface area contributed by atoms with Crippen LogP contribution in [0.5, 0.6) is 0 Å². The molecule has 0 atom stereocenters. The highest BCUT2D eigenvalue weighted by Crippen LogP contribution is 2.27. The number of hydrogen-bond acceptors (Lipinski definition) is 1. The molecule has 2 aromatic carbocycles. The molecule has 2 rings (SSSR count). The molecule has 1 nitrogen and oxygen atoms in total. The Hall–Kier alpha value is -1.60. The lowest BCUT2D eigenvalue weighted by Crippen LogP contribution is -2.12. The molecular weight excluding hydrogens is 242 g/mol. The van der Waals surface area contributed by atoms with Gasteiger partial charge in [0.1, 0.15) is 0 Å². The van der Waals surface area contributed by atoms with Crippen LogP contribution in [0.3, 0.4) is 0 Å². The van der Waals surface area contributed by atoms with Crippen molar-refractivity contribution >= 4 is 0 Å². The Morgan fingerprint density at radius 1 is 1.00 bits per heavy atom. The summed E-state index contributed by atoms with van der Waals surface area (Å²) in [7, 11) is 0. The maximum atomic E-state index is 3.42. The van der Waals surface area contributed by atoms with Crippen molar-refractivity contribution in [2.75, 3.05) is 6.54 Å². The third-order valence-corrected chi connectivity index (χ3v) is 3.72. The van der Waals surface area contributed by atoms with Crippen molar-refractivity contribution in [3.63, 3.8) is 0 Å². The second-order valence-corrected chi connectivity index (χ2v) is 5.72. The summed E-state index contributed by atoms with van der Waals surface area (Å²) >= 11 is 0. The van der Waals surface area contributed by atoms with E-state index in [2.05, 4.69) is 75.5 Å². The summed E-state index contributed by atoms with van der Waals surface area (Å²) in [6.07, 6.45) is 0. The van der Waals surface area contributed by atoms with Crippen molar-refractivity contribution in [3.8, 4) is 11.1 Å². The molecule has 0 aliphatic rings. The zero-order valence-electron chi connectivity index (χ0n) is 13.0. The van der Waals surface area contributed by atoms with E-state index in [0.29, 0.717) is 5.92 Å². The maximum Gasteiger partial charge on any atom is 0.0211 e. The second kappa shape index (κ2) is 6.71. The minimum Gasteiger partial charge on any atom is -0.313 e. The SMILES string of the molecule is CCNCc1ccc(C)cc1-c1ccc(C(C)C)cc1. The van der Waals surface area contributed by atoms with Gasteiger partial charge in [0.2, 0.25) is 0 Å². The molecule has 0 heterocycles. The van der Waals surface area contributed by atoms with Gasteiger partial charge in [-0.2, -0.15) is 0 Å². The number of benzene rings is 2. The summed E-state index contributed by atoms with van der Waals surface area (Å²) < 4.78 is 0. The molecule has 1 heteroatoms. The number of aryl methyl sites for hydroxylation is 1. The standard InChI is InChI=1S/C19H25N/c1-5-20-13-18-7-6-15(4)12-19(18)17-10-8-16(9-11-17)14(2)3/h6-12,14,20H,5,13H2,1-4H3. The van der Waals surface area contributed by atoms with E-state index >= 15 is 0 Å². The molecule has 2 aromatic rings. The van der Waals surface area contributed by atoms with Gasteiger partial charge in [0.15, 0.2) is 0 Å². The van der Waals surface area contributed by atoms with Crippen LogP contribution in [-0.4, -0.2) is 6.54 Å². The summed E-state index contributed by atoms with van der Waals surface area (Å²) in [6.45, 7) is 10.7. The molecule has 0 saturated heterocycles. The van der Waals surface area contributed by atoms with Crippen LogP contribution in [0.2, 0.25) is 0 Å². The lowest BCUT2D eigenvalue weighted by molar-refractivity contribution is 0.728. The van der Waals surface area contributed by atoms with Gasteiger partial charge in [-0.1, -0.05) is 68.8 Å². The number of hydrogen-bond donors (Lipinski definition) is 1. The molecule has 20 heavy (non-hydrogen) atoms. The van der Waals surface area contributed by atoms with Crippen molar-refractivity contribution in [1.29, 1.82) is 0 Å². The van der Waals surface area contributed by atoms with Crippen molar-refractivity contribution in [2.45, 2.75) is 40.2 Å². The Kier molecular flexibility index (Phi) is 4.97. The average Bonchev–Trinajstić information content (AvgIpc) is 2.46. The van der Waals surface area contributed by atoms with Crippen LogP contribution >= 0.6 is 0 Å². The zero-order chi connectivity index (χ0) is 14.5. The van der Waals surface area contributed by atoms with E-state index in [1.54, 1.807) is 0 Å². The fourth-order valence-electron chi connectivity index (χ4n) is 2.42. The van der Waals surface area contributed by atoms with Crippen molar-refractivity contribution in [3.05, 3.63) is 59.2 Å². The molecule has 0 amide bonds. The van der Waals surface area contributed by atoms with Gasteiger partial charge in [0.05, 0.1) is 0 Å². The molecule has 0 spiro atoms. The maximum absolute atomic E-state index is 3.42. The highest BCUT2D eigenvalue weighted by Gasteiger charge is 2.06. The largest absolute Gasteiger partial charge is 0.313 e. The summed E-state index contributed by atoms with van der Waals surface area (Å²) in [5.41, 5.74) is 6.74. The summed E-state index contributed by atoms with van der Waals surface area (Å²) in [5.74, 6) is 0.586. The quantitative estimate of drug-likeness (QED) is 0.813. The van der Waals surface area contributed by atoms with Gasteiger partial charge in [-0.3, -0.25) is 0 Å². The molecule has 0 aliphatic heterocycles. The molecular formula is C19H25N. The first-order valence-corrected chi connectivity index (χ1v) is 7.52. The van der Waals surface area contributed by atoms with Gasteiger partial charge in [-0.05, 0) is 41.6 Å². The van der Waals surface area contributed by atoms with Crippen LogP contribution < -0.4 is 5.32 Å². The van der Waals surface area contributed by atoms with Crippen molar-refractivity contribution in [2.24, 2.45) is 0 Å². The van der Waals surface area contributed by atoms with Gasteiger partial charge in [0.25, 0.3) is 0 Å². The molecule has 0 aliphatic carbocycles. The van der Waals surface area contributed by atoms with E-state index in [1.807, 2.05) is 0 Å². The molecule has 0 bridgehead atoms. The van der Waals surface area contributed by atoms with Crippen LogP contribution in [0.4, 0.5) is 0 Å². The molecule has 0 fully saturated rings. The predicted molar refractivity (Wildman–Crippen MR) is 88.1 cm³/mol. The lowest BCUT2D eigenvalue weighted by Gasteiger charge is -2.13. The highest BCUT2D eigenvalue weighted by atomic mass is 14.8. The normalized spacial score (nSPS) is 11.1. The molecule has 0 aromatic heterocycles. The lowest BCUT2D eigenvalue weighted by atomic mass is 9.95. The Labute approximate surface area is 123 Å². The molecule has 106 valence electrons. The average molecular weight is 267 g/mol. The van der Waals surface area contributed by atoms with E-state index in [0.717, 1.165) is 13.1 Å². The molecule has 0 unspecified atom stereocenters. The molecule has 1 N–H and O–H groups in total. The fraction of sp³-hybridized carbons (Fsp3) is 0.368. The van der Waals surface area contributed by atoms with E-state index in [9.17, 15) is 0 Å². The minimum atomic E-state index is 0.586. The van der Waals surface area contributed by atoms with Gasteiger partial charge >= 0.3 is 0 Å². The third-order valence-electron chi connectivity index (χ3n) is 3.72.